The monoisotopic (exact) mass is 275 g/mol. The SMILES string of the molecule is CC1CC1c1ccc(CCC(=O)NC2CCCCC2)o1. The van der Waals surface area contributed by atoms with Crippen LogP contribution in [0.4, 0.5) is 0 Å². The minimum Gasteiger partial charge on any atom is -0.466 e. The molecule has 1 heterocycles. The van der Waals surface area contributed by atoms with E-state index >= 15 is 0 Å². The predicted molar refractivity (Wildman–Crippen MR) is 78.6 cm³/mol. The Morgan fingerprint density at radius 3 is 2.75 bits per heavy atom. The first-order chi connectivity index (χ1) is 9.72. The predicted octanol–water partition coefficient (Wildman–Crippen LogP) is 3.78. The van der Waals surface area contributed by atoms with Gasteiger partial charge >= 0.3 is 0 Å². The van der Waals surface area contributed by atoms with Gasteiger partial charge in [0.05, 0.1) is 0 Å². The van der Waals surface area contributed by atoms with Gasteiger partial charge in [-0.05, 0) is 37.3 Å². The van der Waals surface area contributed by atoms with Crippen LogP contribution in [0.15, 0.2) is 16.5 Å². The summed E-state index contributed by atoms with van der Waals surface area (Å²) in [5.41, 5.74) is 0. The molecular formula is C17H25NO2. The van der Waals surface area contributed by atoms with Crippen molar-refractivity contribution in [2.75, 3.05) is 0 Å². The number of furan rings is 1. The second kappa shape index (κ2) is 6.02. The number of nitrogens with one attached hydrogen (secondary N) is 1. The van der Waals surface area contributed by atoms with Crippen LogP contribution in [0.25, 0.3) is 0 Å². The summed E-state index contributed by atoms with van der Waals surface area (Å²) in [5.74, 6) is 3.64. The van der Waals surface area contributed by atoms with E-state index in [2.05, 4.69) is 18.3 Å². The third kappa shape index (κ3) is 3.44. The van der Waals surface area contributed by atoms with Crippen molar-refractivity contribution >= 4 is 5.91 Å². The summed E-state index contributed by atoms with van der Waals surface area (Å²) >= 11 is 0. The number of aryl methyl sites for hydroxylation is 1. The molecule has 2 saturated carbocycles. The number of carbonyl (C=O) groups is 1. The topological polar surface area (TPSA) is 42.2 Å². The lowest BCUT2D eigenvalue weighted by atomic mass is 9.95. The second-order valence-corrected chi connectivity index (χ2v) is 6.53. The average Bonchev–Trinajstić information content (AvgIpc) is 3.01. The van der Waals surface area contributed by atoms with Crippen LogP contribution in [-0.2, 0) is 11.2 Å². The molecule has 0 bridgehead atoms. The van der Waals surface area contributed by atoms with Crippen molar-refractivity contribution in [2.24, 2.45) is 5.92 Å². The zero-order valence-corrected chi connectivity index (χ0v) is 12.4. The van der Waals surface area contributed by atoms with Gasteiger partial charge in [-0.25, -0.2) is 0 Å². The molecule has 2 atom stereocenters. The zero-order valence-electron chi connectivity index (χ0n) is 12.4. The summed E-state index contributed by atoms with van der Waals surface area (Å²) in [6.07, 6.45) is 8.64. The van der Waals surface area contributed by atoms with Crippen LogP contribution in [0.5, 0.6) is 0 Å². The molecule has 1 aromatic heterocycles. The van der Waals surface area contributed by atoms with E-state index in [1.165, 1.54) is 25.7 Å². The van der Waals surface area contributed by atoms with Gasteiger partial charge in [0.15, 0.2) is 0 Å². The van der Waals surface area contributed by atoms with Crippen LogP contribution in [0, 0.1) is 5.92 Å². The Bertz CT molecular complexity index is 459. The molecule has 110 valence electrons. The molecule has 2 aliphatic rings. The van der Waals surface area contributed by atoms with Gasteiger partial charge in [0.1, 0.15) is 11.5 Å². The third-order valence-electron chi connectivity index (χ3n) is 4.73. The summed E-state index contributed by atoms with van der Waals surface area (Å²) in [5, 5.41) is 3.16. The molecule has 1 N–H and O–H groups in total. The van der Waals surface area contributed by atoms with E-state index in [1.807, 2.05) is 6.07 Å². The van der Waals surface area contributed by atoms with Gasteiger partial charge in [0.2, 0.25) is 5.91 Å². The summed E-state index contributed by atoms with van der Waals surface area (Å²) in [7, 11) is 0. The normalized spacial score (nSPS) is 26.4. The zero-order chi connectivity index (χ0) is 13.9. The average molecular weight is 275 g/mol. The van der Waals surface area contributed by atoms with Gasteiger partial charge < -0.3 is 9.73 Å². The van der Waals surface area contributed by atoms with Crippen LogP contribution in [0.1, 0.15) is 69.3 Å². The summed E-state index contributed by atoms with van der Waals surface area (Å²) in [6.45, 7) is 2.25. The largest absolute Gasteiger partial charge is 0.466 e. The van der Waals surface area contributed by atoms with E-state index in [9.17, 15) is 4.79 Å². The molecule has 0 radical (unpaired) electrons. The third-order valence-corrected chi connectivity index (χ3v) is 4.73. The van der Waals surface area contributed by atoms with E-state index in [1.54, 1.807) is 0 Å². The van der Waals surface area contributed by atoms with E-state index in [4.69, 9.17) is 4.42 Å². The fraction of sp³-hybridized carbons (Fsp3) is 0.706. The van der Waals surface area contributed by atoms with E-state index in [-0.39, 0.29) is 5.91 Å². The van der Waals surface area contributed by atoms with Gasteiger partial charge in [-0.15, -0.1) is 0 Å². The van der Waals surface area contributed by atoms with Gasteiger partial charge in [0, 0.05) is 24.8 Å². The molecule has 3 nitrogen and oxygen atoms in total. The molecule has 2 fully saturated rings. The summed E-state index contributed by atoms with van der Waals surface area (Å²) < 4.78 is 5.84. The molecule has 20 heavy (non-hydrogen) atoms. The highest BCUT2D eigenvalue weighted by molar-refractivity contribution is 5.76. The number of hydrogen-bond donors (Lipinski definition) is 1. The van der Waals surface area contributed by atoms with Crippen LogP contribution >= 0.6 is 0 Å². The van der Waals surface area contributed by atoms with Crippen molar-refractivity contribution in [2.45, 2.75) is 70.3 Å². The molecule has 1 amide bonds. The van der Waals surface area contributed by atoms with Crippen LogP contribution in [0.3, 0.4) is 0 Å². The second-order valence-electron chi connectivity index (χ2n) is 6.53. The van der Waals surface area contributed by atoms with E-state index in [0.717, 1.165) is 36.7 Å². The Hall–Kier alpha value is -1.25. The van der Waals surface area contributed by atoms with Crippen LogP contribution in [0.2, 0.25) is 0 Å². The lowest BCUT2D eigenvalue weighted by molar-refractivity contribution is -0.122. The first-order valence-corrected chi connectivity index (χ1v) is 8.10. The highest BCUT2D eigenvalue weighted by atomic mass is 16.3. The maximum atomic E-state index is 11.9. The quantitative estimate of drug-likeness (QED) is 0.888. The lowest BCUT2D eigenvalue weighted by Gasteiger charge is -2.22. The number of rotatable bonds is 5. The Balaban J connectivity index is 1.42. The van der Waals surface area contributed by atoms with Gasteiger partial charge in [-0.2, -0.15) is 0 Å². The van der Waals surface area contributed by atoms with Crippen molar-refractivity contribution in [1.29, 1.82) is 0 Å². The smallest absolute Gasteiger partial charge is 0.220 e. The minimum atomic E-state index is 0.176. The fourth-order valence-electron chi connectivity index (χ4n) is 3.23. The van der Waals surface area contributed by atoms with Gasteiger partial charge in [-0.1, -0.05) is 26.2 Å². The van der Waals surface area contributed by atoms with E-state index < -0.39 is 0 Å². The first kappa shape index (κ1) is 13.7. The van der Waals surface area contributed by atoms with Crippen molar-refractivity contribution in [3.8, 4) is 0 Å². The maximum absolute atomic E-state index is 11.9. The molecule has 0 saturated heterocycles. The lowest BCUT2D eigenvalue weighted by Crippen LogP contribution is -2.36. The van der Waals surface area contributed by atoms with E-state index in [0.29, 0.717) is 18.4 Å². The number of carbonyl (C=O) groups excluding carboxylic acids is 1. The van der Waals surface area contributed by atoms with Crippen LogP contribution in [-0.4, -0.2) is 11.9 Å². The van der Waals surface area contributed by atoms with Gasteiger partial charge in [-0.3, -0.25) is 4.79 Å². The summed E-state index contributed by atoms with van der Waals surface area (Å²) in [6, 6.07) is 4.53. The fourth-order valence-corrected chi connectivity index (χ4v) is 3.23. The maximum Gasteiger partial charge on any atom is 0.220 e. The Morgan fingerprint density at radius 1 is 1.30 bits per heavy atom. The van der Waals surface area contributed by atoms with Crippen LogP contribution < -0.4 is 5.32 Å². The van der Waals surface area contributed by atoms with Crippen molar-refractivity contribution in [3.63, 3.8) is 0 Å². The molecule has 0 spiro atoms. The van der Waals surface area contributed by atoms with Crippen molar-refractivity contribution < 1.29 is 9.21 Å². The highest BCUT2D eigenvalue weighted by Crippen LogP contribution is 2.47. The number of amides is 1. The molecule has 0 aliphatic heterocycles. The van der Waals surface area contributed by atoms with Crippen molar-refractivity contribution in [1.82, 2.24) is 5.32 Å². The Kier molecular flexibility index (Phi) is 4.13. The van der Waals surface area contributed by atoms with Crippen molar-refractivity contribution in [3.05, 3.63) is 23.7 Å². The van der Waals surface area contributed by atoms with Gasteiger partial charge in [0.25, 0.3) is 0 Å². The Morgan fingerprint density at radius 2 is 2.05 bits per heavy atom. The molecular weight excluding hydrogens is 250 g/mol. The Labute approximate surface area is 121 Å². The molecule has 2 unspecified atom stereocenters. The summed E-state index contributed by atoms with van der Waals surface area (Å²) in [4.78, 5) is 11.9. The molecule has 0 aromatic carbocycles. The molecule has 1 aromatic rings. The minimum absolute atomic E-state index is 0.176. The highest BCUT2D eigenvalue weighted by Gasteiger charge is 2.36. The number of hydrogen-bond acceptors (Lipinski definition) is 2. The molecule has 3 rings (SSSR count). The first-order valence-electron chi connectivity index (χ1n) is 8.10. The molecule has 2 aliphatic carbocycles. The standard InChI is InChI=1S/C17H25NO2/c1-12-11-15(12)16-9-7-14(20-16)8-10-17(19)18-13-5-3-2-4-6-13/h7,9,12-13,15H,2-6,8,10-11H2,1H3,(H,18,19). The molecule has 3 heteroatoms.